The first-order valence-electron chi connectivity index (χ1n) is 9.47. The molecule has 3 rings (SSSR count). The molecule has 1 amide bonds. The second kappa shape index (κ2) is 9.30. The van der Waals surface area contributed by atoms with Gasteiger partial charge in [0, 0.05) is 12.2 Å². The third-order valence-corrected chi connectivity index (χ3v) is 6.88. The van der Waals surface area contributed by atoms with E-state index in [0.29, 0.717) is 32.7 Å². The van der Waals surface area contributed by atoms with Crippen molar-refractivity contribution in [1.29, 1.82) is 0 Å². The molecule has 0 atom stereocenters. The van der Waals surface area contributed by atoms with E-state index >= 15 is 0 Å². The van der Waals surface area contributed by atoms with Crippen molar-refractivity contribution < 1.29 is 22.5 Å². The van der Waals surface area contributed by atoms with Gasteiger partial charge in [0.2, 0.25) is 10.0 Å². The van der Waals surface area contributed by atoms with E-state index in [9.17, 15) is 17.6 Å². The Morgan fingerprint density at radius 3 is 2.31 bits per heavy atom. The van der Waals surface area contributed by atoms with E-state index in [4.69, 9.17) is 0 Å². The maximum absolute atomic E-state index is 13.1. The Kier molecular flexibility index (Phi) is 6.79. The monoisotopic (exact) mass is 418 g/mol. The predicted octanol–water partition coefficient (Wildman–Crippen LogP) is 0.934. The van der Waals surface area contributed by atoms with Gasteiger partial charge >= 0.3 is 0 Å². The van der Waals surface area contributed by atoms with Gasteiger partial charge in [-0.3, -0.25) is 4.79 Å². The highest BCUT2D eigenvalue weighted by atomic mass is 32.2. The highest BCUT2D eigenvalue weighted by molar-refractivity contribution is 7.89. The van der Waals surface area contributed by atoms with Crippen LogP contribution in [-0.4, -0.2) is 57.9 Å². The summed E-state index contributed by atoms with van der Waals surface area (Å²) < 4.78 is 39.9. The summed E-state index contributed by atoms with van der Waals surface area (Å²) in [5.41, 5.74) is 0.814. The number of anilines is 1. The highest BCUT2D eigenvalue weighted by Crippen LogP contribution is 2.16. The Morgan fingerprint density at radius 2 is 1.72 bits per heavy atom. The molecule has 0 bridgehead atoms. The van der Waals surface area contributed by atoms with Crippen LogP contribution in [0.1, 0.15) is 0 Å². The van der Waals surface area contributed by atoms with Gasteiger partial charge < -0.3 is 9.80 Å². The van der Waals surface area contributed by atoms with Crippen LogP contribution in [0.4, 0.5) is 10.1 Å². The summed E-state index contributed by atoms with van der Waals surface area (Å²) in [6, 6.07) is 14.3. The normalized spacial score (nSPS) is 15.8. The Labute approximate surface area is 170 Å². The number of carbonyl (C=O) groups excluding carboxylic acids is 1. The molecule has 154 valence electrons. The molecule has 6 nitrogen and oxygen atoms in total. The summed E-state index contributed by atoms with van der Waals surface area (Å²) in [6.07, 6.45) is 1.69. The fourth-order valence-electron chi connectivity index (χ4n) is 3.37. The fraction of sp³-hybridized carbons (Fsp3) is 0.286. The van der Waals surface area contributed by atoms with E-state index in [1.165, 1.54) is 16.4 Å². The van der Waals surface area contributed by atoms with Gasteiger partial charge in [-0.15, -0.1) is 6.58 Å². The first-order chi connectivity index (χ1) is 13.9. The number of sulfonamides is 1. The van der Waals surface area contributed by atoms with Crippen LogP contribution in [0.15, 0.2) is 72.1 Å². The average molecular weight is 419 g/mol. The minimum absolute atomic E-state index is 0.0269. The summed E-state index contributed by atoms with van der Waals surface area (Å²) in [6.45, 7) is 6.12. The zero-order valence-corrected chi connectivity index (χ0v) is 16.9. The molecule has 1 aliphatic rings. The van der Waals surface area contributed by atoms with Gasteiger partial charge in [0.15, 0.2) is 6.54 Å². The van der Waals surface area contributed by atoms with Crippen LogP contribution in [-0.2, 0) is 14.8 Å². The first-order valence-corrected chi connectivity index (χ1v) is 10.9. The van der Waals surface area contributed by atoms with Crippen molar-refractivity contribution >= 4 is 21.6 Å². The number of quaternary nitrogens is 1. The predicted molar refractivity (Wildman–Crippen MR) is 110 cm³/mol. The molecule has 29 heavy (non-hydrogen) atoms. The molecule has 8 heteroatoms. The molecule has 1 heterocycles. The molecule has 1 saturated heterocycles. The maximum Gasteiger partial charge on any atom is 0.282 e. The molecule has 0 radical (unpaired) electrons. The SMILES string of the molecule is C=CCN(C(=O)C[NH+]1CCN(S(=O)(=O)c2ccc(F)cc2)CC1)c1ccccc1. The molecule has 1 fully saturated rings. The molecule has 0 aromatic heterocycles. The number of amides is 1. The molecule has 1 N–H and O–H groups in total. The minimum atomic E-state index is -3.65. The van der Waals surface area contributed by atoms with Gasteiger partial charge in [0.1, 0.15) is 5.82 Å². The summed E-state index contributed by atoms with van der Waals surface area (Å²) in [5, 5.41) is 0. The largest absolute Gasteiger partial charge is 0.325 e. The molecule has 0 aliphatic carbocycles. The van der Waals surface area contributed by atoms with Crippen LogP contribution < -0.4 is 9.80 Å². The van der Waals surface area contributed by atoms with Crippen LogP contribution >= 0.6 is 0 Å². The Morgan fingerprint density at radius 1 is 1.10 bits per heavy atom. The summed E-state index contributed by atoms with van der Waals surface area (Å²) in [5.74, 6) is -0.500. The van der Waals surface area contributed by atoms with Gasteiger partial charge in [-0.25, -0.2) is 12.8 Å². The van der Waals surface area contributed by atoms with E-state index in [1.54, 1.807) is 11.0 Å². The van der Waals surface area contributed by atoms with E-state index in [-0.39, 0.29) is 17.3 Å². The van der Waals surface area contributed by atoms with Crippen LogP contribution in [0, 0.1) is 5.82 Å². The third-order valence-electron chi connectivity index (χ3n) is 4.96. The number of para-hydroxylation sites is 1. The van der Waals surface area contributed by atoms with Gasteiger partial charge in [-0.1, -0.05) is 24.3 Å². The standard InChI is InChI=1S/C21H24FN3O3S/c1-2-12-25(19-6-4-3-5-7-19)21(26)17-23-13-15-24(16-14-23)29(27,28)20-10-8-18(22)9-11-20/h2-11H,1,12-17H2/p+1. The lowest BCUT2D eigenvalue weighted by Crippen LogP contribution is -3.15. The van der Waals surface area contributed by atoms with Crippen LogP contribution in [0.2, 0.25) is 0 Å². The van der Waals surface area contributed by atoms with Crippen molar-refractivity contribution in [2.24, 2.45) is 0 Å². The molecule has 0 saturated carbocycles. The summed E-state index contributed by atoms with van der Waals surface area (Å²) >= 11 is 0. The lowest BCUT2D eigenvalue weighted by molar-refractivity contribution is -0.895. The number of nitrogens with one attached hydrogen (secondary N) is 1. The Bertz CT molecular complexity index is 941. The van der Waals surface area contributed by atoms with Gasteiger partial charge in [-0.05, 0) is 36.4 Å². The number of halogens is 1. The van der Waals surface area contributed by atoms with Crippen molar-refractivity contribution in [3.8, 4) is 0 Å². The number of piperazine rings is 1. The number of hydrogen-bond donors (Lipinski definition) is 1. The molecule has 2 aromatic carbocycles. The number of hydrogen-bond acceptors (Lipinski definition) is 3. The van der Waals surface area contributed by atoms with Gasteiger partial charge in [0.25, 0.3) is 5.91 Å². The second-order valence-electron chi connectivity index (χ2n) is 6.91. The zero-order valence-electron chi connectivity index (χ0n) is 16.1. The smallest absolute Gasteiger partial charge is 0.282 e. The average Bonchev–Trinajstić information content (AvgIpc) is 2.73. The summed E-state index contributed by atoms with van der Waals surface area (Å²) in [7, 11) is -3.65. The van der Waals surface area contributed by atoms with Crippen molar-refractivity contribution in [3.63, 3.8) is 0 Å². The van der Waals surface area contributed by atoms with Gasteiger partial charge in [0.05, 0.1) is 31.1 Å². The fourth-order valence-corrected chi connectivity index (χ4v) is 4.81. The maximum atomic E-state index is 13.1. The number of nitrogens with zero attached hydrogens (tertiary/aromatic N) is 2. The minimum Gasteiger partial charge on any atom is -0.325 e. The van der Waals surface area contributed by atoms with Crippen molar-refractivity contribution in [3.05, 3.63) is 73.1 Å². The molecule has 0 unspecified atom stereocenters. The van der Waals surface area contributed by atoms with Crippen molar-refractivity contribution in [2.75, 3.05) is 44.2 Å². The van der Waals surface area contributed by atoms with Crippen LogP contribution in [0.25, 0.3) is 0 Å². The molecule has 1 aliphatic heterocycles. The number of carbonyl (C=O) groups is 1. The number of rotatable bonds is 7. The molecular formula is C21H25FN3O3S+. The number of benzene rings is 2. The molecular weight excluding hydrogens is 393 g/mol. The zero-order chi connectivity index (χ0) is 20.9. The highest BCUT2D eigenvalue weighted by Gasteiger charge is 2.32. The second-order valence-corrected chi connectivity index (χ2v) is 8.85. The summed E-state index contributed by atoms with van der Waals surface area (Å²) in [4.78, 5) is 15.6. The molecule has 2 aromatic rings. The lowest BCUT2D eigenvalue weighted by Gasteiger charge is -2.32. The quantitative estimate of drug-likeness (QED) is 0.681. The van der Waals surface area contributed by atoms with E-state index < -0.39 is 15.8 Å². The third kappa shape index (κ3) is 5.09. The van der Waals surface area contributed by atoms with Crippen molar-refractivity contribution in [2.45, 2.75) is 4.90 Å². The Balaban J connectivity index is 1.61. The van der Waals surface area contributed by atoms with Crippen LogP contribution in [0.5, 0.6) is 0 Å². The lowest BCUT2D eigenvalue weighted by atomic mass is 10.2. The van der Waals surface area contributed by atoms with E-state index in [1.807, 2.05) is 30.3 Å². The molecule has 0 spiro atoms. The van der Waals surface area contributed by atoms with E-state index in [2.05, 4.69) is 6.58 Å². The van der Waals surface area contributed by atoms with Gasteiger partial charge in [-0.2, -0.15) is 4.31 Å². The Hall–Kier alpha value is -2.55. The van der Waals surface area contributed by atoms with Crippen LogP contribution in [0.3, 0.4) is 0 Å². The van der Waals surface area contributed by atoms with Crippen molar-refractivity contribution in [1.82, 2.24) is 4.31 Å². The topological polar surface area (TPSA) is 62.1 Å². The first kappa shape index (κ1) is 21.2. The van der Waals surface area contributed by atoms with E-state index in [0.717, 1.165) is 22.7 Å².